The van der Waals surface area contributed by atoms with Gasteiger partial charge in [-0.2, -0.15) is 0 Å². The number of carbonyl (C=O) groups is 1. The van der Waals surface area contributed by atoms with Crippen LogP contribution in [0.15, 0.2) is 46.9 Å². The van der Waals surface area contributed by atoms with E-state index < -0.39 is 0 Å². The molecule has 0 aliphatic heterocycles. The van der Waals surface area contributed by atoms with Crippen molar-refractivity contribution in [3.63, 3.8) is 0 Å². The fourth-order valence-corrected chi connectivity index (χ4v) is 4.12. The predicted molar refractivity (Wildman–Crippen MR) is 97.0 cm³/mol. The largest absolute Gasteiger partial charge is 0.348 e. The van der Waals surface area contributed by atoms with Crippen LogP contribution >= 0.6 is 23.1 Å². The number of thioether (sulfide) groups is 1. The second-order valence-electron chi connectivity index (χ2n) is 5.22. The molecule has 3 aromatic rings. The number of nitrogens with one attached hydrogen (secondary N) is 1. The van der Waals surface area contributed by atoms with Gasteiger partial charge in [0.1, 0.15) is 0 Å². The molecule has 1 atom stereocenters. The number of fused-ring (bicyclic) bond motifs is 1. The quantitative estimate of drug-likeness (QED) is 0.685. The molecule has 0 saturated carbocycles. The molecule has 120 valence electrons. The zero-order valence-electron chi connectivity index (χ0n) is 13.2. The topological polar surface area (TPSA) is 46.9 Å². The van der Waals surface area contributed by atoms with Crippen LogP contribution in [-0.4, -0.2) is 21.2 Å². The van der Waals surface area contributed by atoms with Gasteiger partial charge >= 0.3 is 0 Å². The second kappa shape index (κ2) is 7.19. The summed E-state index contributed by atoms with van der Waals surface area (Å²) in [6, 6.07) is 12.2. The van der Waals surface area contributed by atoms with Crippen LogP contribution in [-0.2, 0) is 11.3 Å². The molecular weight excluding hydrogens is 326 g/mol. The third kappa shape index (κ3) is 3.59. The predicted octanol–water partition coefficient (Wildman–Crippen LogP) is 4.09. The molecule has 2 aromatic heterocycles. The summed E-state index contributed by atoms with van der Waals surface area (Å²) in [6.07, 6.45) is 0. The number of rotatable bonds is 6. The summed E-state index contributed by atoms with van der Waals surface area (Å²) >= 11 is 3.15. The summed E-state index contributed by atoms with van der Waals surface area (Å²) < 4.78 is 2.15. The van der Waals surface area contributed by atoms with E-state index in [2.05, 4.69) is 27.9 Å². The van der Waals surface area contributed by atoms with Crippen molar-refractivity contribution < 1.29 is 4.79 Å². The molecule has 1 amide bonds. The van der Waals surface area contributed by atoms with E-state index >= 15 is 0 Å². The first-order valence-electron chi connectivity index (χ1n) is 7.60. The Morgan fingerprint density at radius 1 is 1.35 bits per heavy atom. The van der Waals surface area contributed by atoms with Crippen molar-refractivity contribution in [2.45, 2.75) is 31.6 Å². The van der Waals surface area contributed by atoms with E-state index in [1.54, 1.807) is 11.3 Å². The zero-order chi connectivity index (χ0) is 16.2. The highest BCUT2D eigenvalue weighted by molar-refractivity contribution is 7.99. The SMILES string of the molecule is CCn1c(SCC(=O)N[C@H](C)c2cccs2)nc2ccccc21. The molecule has 0 unspecified atom stereocenters. The minimum Gasteiger partial charge on any atom is -0.348 e. The highest BCUT2D eigenvalue weighted by Gasteiger charge is 2.14. The Balaban J connectivity index is 1.65. The van der Waals surface area contributed by atoms with E-state index in [1.807, 2.05) is 42.6 Å². The number of thiophene rings is 1. The van der Waals surface area contributed by atoms with Crippen LogP contribution in [0.4, 0.5) is 0 Å². The molecular formula is C17H19N3OS2. The maximum absolute atomic E-state index is 12.2. The summed E-state index contributed by atoms with van der Waals surface area (Å²) in [6.45, 7) is 4.95. The Kier molecular flexibility index (Phi) is 5.03. The molecule has 4 nitrogen and oxygen atoms in total. The fraction of sp³-hybridized carbons (Fsp3) is 0.294. The van der Waals surface area contributed by atoms with Crippen LogP contribution in [0.3, 0.4) is 0 Å². The second-order valence-corrected chi connectivity index (χ2v) is 7.14. The smallest absolute Gasteiger partial charge is 0.230 e. The lowest BCUT2D eigenvalue weighted by Crippen LogP contribution is -2.27. The Morgan fingerprint density at radius 2 is 2.17 bits per heavy atom. The molecule has 0 radical (unpaired) electrons. The molecule has 0 spiro atoms. The number of hydrogen-bond acceptors (Lipinski definition) is 4. The molecule has 0 bridgehead atoms. The summed E-state index contributed by atoms with van der Waals surface area (Å²) in [5.74, 6) is 0.407. The van der Waals surface area contributed by atoms with E-state index in [1.165, 1.54) is 16.6 Å². The Labute approximate surface area is 143 Å². The molecule has 1 N–H and O–H groups in total. The first-order chi connectivity index (χ1) is 11.2. The first kappa shape index (κ1) is 16.1. The van der Waals surface area contributed by atoms with Crippen LogP contribution in [0.5, 0.6) is 0 Å². The lowest BCUT2D eigenvalue weighted by Gasteiger charge is -2.12. The summed E-state index contributed by atoms with van der Waals surface area (Å²) in [7, 11) is 0. The van der Waals surface area contributed by atoms with E-state index in [0.717, 1.165) is 22.7 Å². The van der Waals surface area contributed by atoms with Gasteiger partial charge in [0.2, 0.25) is 5.91 Å². The molecule has 3 rings (SSSR count). The number of imidazole rings is 1. The van der Waals surface area contributed by atoms with Crippen molar-refractivity contribution in [3.8, 4) is 0 Å². The van der Waals surface area contributed by atoms with Gasteiger partial charge in [-0.25, -0.2) is 4.98 Å². The third-order valence-electron chi connectivity index (χ3n) is 3.62. The number of nitrogens with zero attached hydrogens (tertiary/aromatic N) is 2. The number of para-hydroxylation sites is 2. The zero-order valence-corrected chi connectivity index (χ0v) is 14.8. The van der Waals surface area contributed by atoms with Crippen molar-refractivity contribution in [2.24, 2.45) is 0 Å². The summed E-state index contributed by atoms with van der Waals surface area (Å²) in [5.41, 5.74) is 2.09. The highest BCUT2D eigenvalue weighted by Crippen LogP contribution is 2.24. The minimum atomic E-state index is 0.0330. The first-order valence-corrected chi connectivity index (χ1v) is 9.46. The number of carbonyl (C=O) groups excluding carboxylic acids is 1. The van der Waals surface area contributed by atoms with Gasteiger partial charge in [0, 0.05) is 11.4 Å². The highest BCUT2D eigenvalue weighted by atomic mass is 32.2. The van der Waals surface area contributed by atoms with Gasteiger partial charge in [0.15, 0.2) is 5.16 Å². The molecule has 0 saturated heterocycles. The molecule has 23 heavy (non-hydrogen) atoms. The van der Waals surface area contributed by atoms with E-state index in [9.17, 15) is 4.79 Å². The number of aryl methyl sites for hydroxylation is 1. The molecule has 1 aromatic carbocycles. The standard InChI is InChI=1S/C17H19N3OS2/c1-3-20-14-8-5-4-7-13(14)19-17(20)23-11-16(21)18-12(2)15-9-6-10-22-15/h4-10,12H,3,11H2,1-2H3,(H,18,21)/t12-/m1/s1. The average molecular weight is 345 g/mol. The van der Waals surface area contributed by atoms with Gasteiger partial charge in [0.05, 0.1) is 22.8 Å². The average Bonchev–Trinajstić information content (AvgIpc) is 3.20. The molecule has 2 heterocycles. The Hall–Kier alpha value is -1.79. The van der Waals surface area contributed by atoms with Gasteiger partial charge in [0.25, 0.3) is 0 Å². The lowest BCUT2D eigenvalue weighted by molar-refractivity contribution is -0.119. The van der Waals surface area contributed by atoms with Gasteiger partial charge in [-0.3, -0.25) is 4.79 Å². The number of amides is 1. The van der Waals surface area contributed by atoms with Crippen molar-refractivity contribution in [2.75, 3.05) is 5.75 Å². The number of hydrogen-bond donors (Lipinski definition) is 1. The van der Waals surface area contributed by atoms with Gasteiger partial charge in [-0.05, 0) is 37.4 Å². The van der Waals surface area contributed by atoms with Crippen LogP contribution in [0.25, 0.3) is 11.0 Å². The Morgan fingerprint density at radius 3 is 2.91 bits per heavy atom. The van der Waals surface area contributed by atoms with E-state index in [0.29, 0.717) is 5.75 Å². The minimum absolute atomic E-state index is 0.0330. The van der Waals surface area contributed by atoms with Crippen LogP contribution < -0.4 is 5.32 Å². The summed E-state index contributed by atoms with van der Waals surface area (Å²) in [5, 5.41) is 5.96. The van der Waals surface area contributed by atoms with Gasteiger partial charge < -0.3 is 9.88 Å². The van der Waals surface area contributed by atoms with Crippen molar-refractivity contribution in [1.29, 1.82) is 0 Å². The van der Waals surface area contributed by atoms with E-state index in [-0.39, 0.29) is 11.9 Å². The van der Waals surface area contributed by atoms with Crippen LogP contribution in [0.1, 0.15) is 24.8 Å². The van der Waals surface area contributed by atoms with Gasteiger partial charge in [-0.15, -0.1) is 11.3 Å². The molecule has 0 fully saturated rings. The number of aromatic nitrogens is 2. The monoisotopic (exact) mass is 345 g/mol. The number of benzene rings is 1. The van der Waals surface area contributed by atoms with Crippen LogP contribution in [0.2, 0.25) is 0 Å². The maximum atomic E-state index is 12.2. The van der Waals surface area contributed by atoms with E-state index in [4.69, 9.17) is 0 Å². The molecule has 0 aliphatic rings. The maximum Gasteiger partial charge on any atom is 0.230 e. The Bertz CT molecular complexity index is 795. The van der Waals surface area contributed by atoms with Crippen molar-refractivity contribution in [3.05, 3.63) is 46.7 Å². The normalized spacial score (nSPS) is 12.4. The van der Waals surface area contributed by atoms with Crippen molar-refractivity contribution in [1.82, 2.24) is 14.9 Å². The van der Waals surface area contributed by atoms with Crippen molar-refractivity contribution >= 4 is 40.0 Å². The fourth-order valence-electron chi connectivity index (χ4n) is 2.49. The summed E-state index contributed by atoms with van der Waals surface area (Å²) in [4.78, 5) is 18.0. The molecule has 6 heteroatoms. The van der Waals surface area contributed by atoms with Gasteiger partial charge in [-0.1, -0.05) is 30.0 Å². The third-order valence-corrected chi connectivity index (χ3v) is 5.65. The molecule has 0 aliphatic carbocycles. The lowest BCUT2D eigenvalue weighted by atomic mass is 10.3. The van der Waals surface area contributed by atoms with Crippen LogP contribution in [0, 0.1) is 0 Å².